The van der Waals surface area contributed by atoms with Crippen molar-refractivity contribution in [2.45, 2.75) is 33.2 Å². The van der Waals surface area contributed by atoms with Gasteiger partial charge in [0, 0.05) is 30.5 Å². The maximum Gasteiger partial charge on any atom is 0.170 e. The van der Waals surface area contributed by atoms with E-state index >= 15 is 0 Å². The fourth-order valence-electron chi connectivity index (χ4n) is 2.72. The molecule has 0 aliphatic rings. The van der Waals surface area contributed by atoms with Gasteiger partial charge in [-0.3, -0.25) is 0 Å². The highest BCUT2D eigenvalue weighted by Gasteiger charge is 2.07. The molecule has 2 aromatic carbocycles. The summed E-state index contributed by atoms with van der Waals surface area (Å²) in [6.07, 6.45) is 0.960. The third-order valence-corrected chi connectivity index (χ3v) is 4.21. The third-order valence-electron chi connectivity index (χ3n) is 3.96. The molecule has 0 heterocycles. The van der Waals surface area contributed by atoms with Crippen molar-refractivity contribution in [2.24, 2.45) is 0 Å². The second kappa shape index (κ2) is 9.28. The molecule has 0 saturated carbocycles. The molecule has 0 bridgehead atoms. The number of nitrogens with zero attached hydrogens (tertiary/aromatic N) is 1. The Labute approximate surface area is 151 Å². The van der Waals surface area contributed by atoms with E-state index in [0.29, 0.717) is 11.2 Å². The lowest BCUT2D eigenvalue weighted by Crippen LogP contribution is -2.31. The summed E-state index contributed by atoms with van der Waals surface area (Å²) in [5.74, 6) is 0. The Hall–Kier alpha value is -2.07. The molecular weight excluding hydrogens is 314 g/mol. The van der Waals surface area contributed by atoms with Gasteiger partial charge >= 0.3 is 0 Å². The molecule has 0 aromatic heterocycles. The molecule has 2 rings (SSSR count). The Balaban J connectivity index is 1.81. The van der Waals surface area contributed by atoms with Gasteiger partial charge in [-0.25, -0.2) is 0 Å². The lowest BCUT2D eigenvalue weighted by molar-refractivity contribution is 0.704. The third kappa shape index (κ3) is 5.53. The standard InChI is InChI=1S/C20H27N3S/c1-4-23(16(2)3)19-12-10-18(11-13-19)22-20(24)21-15-14-17-8-6-5-7-9-17/h5-13,16H,4,14-15H2,1-3H3,(H2,21,22,24). The van der Waals surface area contributed by atoms with Gasteiger partial charge < -0.3 is 15.5 Å². The van der Waals surface area contributed by atoms with Crippen molar-refractivity contribution in [2.75, 3.05) is 23.3 Å². The summed E-state index contributed by atoms with van der Waals surface area (Å²) in [5.41, 5.74) is 3.56. The van der Waals surface area contributed by atoms with Crippen LogP contribution in [-0.4, -0.2) is 24.2 Å². The Morgan fingerprint density at radius 1 is 1.04 bits per heavy atom. The van der Waals surface area contributed by atoms with E-state index in [1.54, 1.807) is 0 Å². The Morgan fingerprint density at radius 2 is 1.71 bits per heavy atom. The maximum absolute atomic E-state index is 5.37. The zero-order valence-electron chi connectivity index (χ0n) is 14.8. The van der Waals surface area contributed by atoms with Gasteiger partial charge in [-0.05, 0) is 69.2 Å². The normalized spacial score (nSPS) is 10.5. The molecule has 0 aliphatic carbocycles. The molecule has 2 N–H and O–H groups in total. The number of hydrogen-bond donors (Lipinski definition) is 2. The summed E-state index contributed by atoms with van der Waals surface area (Å²) in [6.45, 7) is 8.43. The van der Waals surface area contributed by atoms with E-state index in [0.717, 1.165) is 25.2 Å². The molecule has 0 atom stereocenters. The van der Waals surface area contributed by atoms with E-state index in [1.165, 1.54) is 11.3 Å². The average molecular weight is 342 g/mol. The molecule has 128 valence electrons. The number of hydrogen-bond acceptors (Lipinski definition) is 2. The summed E-state index contributed by atoms with van der Waals surface area (Å²) >= 11 is 5.37. The first-order valence-corrected chi connectivity index (χ1v) is 8.96. The van der Waals surface area contributed by atoms with Gasteiger partial charge in [-0.15, -0.1) is 0 Å². The van der Waals surface area contributed by atoms with Gasteiger partial charge in [0.25, 0.3) is 0 Å². The molecule has 3 nitrogen and oxygen atoms in total. The minimum Gasteiger partial charge on any atom is -0.369 e. The first-order chi connectivity index (χ1) is 11.6. The minimum absolute atomic E-state index is 0.495. The maximum atomic E-state index is 5.37. The SMILES string of the molecule is CCN(c1ccc(NC(=S)NCCc2ccccc2)cc1)C(C)C. The molecule has 0 amide bonds. The Kier molecular flexibility index (Phi) is 7.07. The summed E-state index contributed by atoms with van der Waals surface area (Å²) in [6, 6.07) is 19.3. The van der Waals surface area contributed by atoms with E-state index in [4.69, 9.17) is 12.2 Å². The van der Waals surface area contributed by atoms with Crippen molar-refractivity contribution >= 4 is 28.7 Å². The second-order valence-corrected chi connectivity index (χ2v) is 6.45. The van der Waals surface area contributed by atoms with E-state index in [2.05, 4.69) is 84.8 Å². The van der Waals surface area contributed by atoms with Gasteiger partial charge in [-0.1, -0.05) is 30.3 Å². The fourth-order valence-corrected chi connectivity index (χ4v) is 2.94. The smallest absolute Gasteiger partial charge is 0.170 e. The number of rotatable bonds is 7. The Bertz CT molecular complexity index is 623. The molecule has 0 aliphatic heterocycles. The molecular formula is C20H27N3S. The summed E-state index contributed by atoms with van der Waals surface area (Å²) in [7, 11) is 0. The van der Waals surface area contributed by atoms with Gasteiger partial charge in [0.2, 0.25) is 0 Å². The quantitative estimate of drug-likeness (QED) is 0.728. The molecule has 2 aromatic rings. The van der Waals surface area contributed by atoms with Crippen molar-refractivity contribution in [3.8, 4) is 0 Å². The monoisotopic (exact) mass is 341 g/mol. The van der Waals surface area contributed by atoms with Crippen LogP contribution in [0.3, 0.4) is 0 Å². The lowest BCUT2D eigenvalue weighted by Gasteiger charge is -2.27. The minimum atomic E-state index is 0.495. The van der Waals surface area contributed by atoms with Gasteiger partial charge in [0.1, 0.15) is 0 Å². The van der Waals surface area contributed by atoms with Crippen LogP contribution in [0.4, 0.5) is 11.4 Å². The number of anilines is 2. The van der Waals surface area contributed by atoms with Gasteiger partial charge in [0.15, 0.2) is 5.11 Å². The molecule has 0 fully saturated rings. The number of thiocarbonyl (C=S) groups is 1. The van der Waals surface area contributed by atoms with E-state index < -0.39 is 0 Å². The van der Waals surface area contributed by atoms with Crippen LogP contribution in [0.5, 0.6) is 0 Å². The number of nitrogens with one attached hydrogen (secondary N) is 2. The predicted octanol–water partition coefficient (Wildman–Crippen LogP) is 4.45. The first-order valence-electron chi connectivity index (χ1n) is 8.55. The molecule has 0 spiro atoms. The molecule has 24 heavy (non-hydrogen) atoms. The van der Waals surface area contributed by atoms with E-state index in [-0.39, 0.29) is 0 Å². The molecule has 0 radical (unpaired) electrons. The van der Waals surface area contributed by atoms with Crippen LogP contribution in [0.15, 0.2) is 54.6 Å². The van der Waals surface area contributed by atoms with Crippen LogP contribution < -0.4 is 15.5 Å². The van der Waals surface area contributed by atoms with Gasteiger partial charge in [-0.2, -0.15) is 0 Å². The molecule has 4 heteroatoms. The van der Waals surface area contributed by atoms with Crippen LogP contribution in [-0.2, 0) is 6.42 Å². The highest BCUT2D eigenvalue weighted by molar-refractivity contribution is 7.80. The number of benzene rings is 2. The van der Waals surface area contributed by atoms with Crippen molar-refractivity contribution in [3.63, 3.8) is 0 Å². The van der Waals surface area contributed by atoms with Crippen molar-refractivity contribution in [3.05, 3.63) is 60.2 Å². The summed E-state index contributed by atoms with van der Waals surface area (Å²) < 4.78 is 0. The average Bonchev–Trinajstić information content (AvgIpc) is 2.58. The second-order valence-electron chi connectivity index (χ2n) is 6.04. The highest BCUT2D eigenvalue weighted by atomic mass is 32.1. The van der Waals surface area contributed by atoms with Crippen LogP contribution in [0.25, 0.3) is 0 Å². The zero-order valence-corrected chi connectivity index (χ0v) is 15.6. The largest absolute Gasteiger partial charge is 0.369 e. The van der Waals surface area contributed by atoms with Gasteiger partial charge in [0.05, 0.1) is 0 Å². The molecule has 0 unspecified atom stereocenters. The predicted molar refractivity (Wildman–Crippen MR) is 109 cm³/mol. The van der Waals surface area contributed by atoms with E-state index in [9.17, 15) is 0 Å². The van der Waals surface area contributed by atoms with Crippen LogP contribution in [0.1, 0.15) is 26.3 Å². The molecule has 0 saturated heterocycles. The van der Waals surface area contributed by atoms with E-state index in [1.807, 2.05) is 6.07 Å². The van der Waals surface area contributed by atoms with Crippen LogP contribution in [0.2, 0.25) is 0 Å². The lowest BCUT2D eigenvalue weighted by atomic mass is 10.1. The topological polar surface area (TPSA) is 27.3 Å². The van der Waals surface area contributed by atoms with Crippen molar-refractivity contribution < 1.29 is 0 Å². The van der Waals surface area contributed by atoms with Crippen molar-refractivity contribution in [1.29, 1.82) is 0 Å². The fraction of sp³-hybridized carbons (Fsp3) is 0.350. The highest BCUT2D eigenvalue weighted by Crippen LogP contribution is 2.19. The summed E-state index contributed by atoms with van der Waals surface area (Å²) in [4.78, 5) is 2.36. The first kappa shape index (κ1) is 18.3. The Morgan fingerprint density at radius 3 is 2.29 bits per heavy atom. The van der Waals surface area contributed by atoms with Crippen LogP contribution in [0, 0.1) is 0 Å². The van der Waals surface area contributed by atoms with Crippen molar-refractivity contribution in [1.82, 2.24) is 5.32 Å². The zero-order chi connectivity index (χ0) is 17.4. The van der Waals surface area contributed by atoms with Crippen LogP contribution >= 0.6 is 12.2 Å². The summed E-state index contributed by atoms with van der Waals surface area (Å²) in [5, 5.41) is 7.16.